The number of aryl methyl sites for hydroxylation is 2. The van der Waals surface area contributed by atoms with Crippen LogP contribution in [-0.4, -0.2) is 21.9 Å². The van der Waals surface area contributed by atoms with Crippen molar-refractivity contribution in [1.29, 1.82) is 10.5 Å². The number of hydrogen-bond acceptors (Lipinski definition) is 9. The molecule has 0 aliphatic heterocycles. The monoisotopic (exact) mass is 421 g/mol. The lowest BCUT2D eigenvalue weighted by Gasteiger charge is -2.11. The lowest BCUT2D eigenvalue weighted by molar-refractivity contribution is -0.730. The zero-order valence-electron chi connectivity index (χ0n) is 16.0. The summed E-state index contributed by atoms with van der Waals surface area (Å²) in [5, 5.41) is 37.7. The Morgan fingerprint density at radius 2 is 2.10 bits per heavy atom. The molecule has 0 aliphatic carbocycles. The van der Waals surface area contributed by atoms with Gasteiger partial charge in [0.25, 0.3) is 5.69 Å². The fourth-order valence-electron chi connectivity index (χ4n) is 2.77. The van der Waals surface area contributed by atoms with Crippen LogP contribution in [0.5, 0.6) is 5.95 Å². The largest absolute Gasteiger partial charge is 0.539 e. The molecule has 30 heavy (non-hydrogen) atoms. The predicted molar refractivity (Wildman–Crippen MR) is 105 cm³/mol. The second-order valence-corrected chi connectivity index (χ2v) is 7.15. The first-order valence-corrected chi connectivity index (χ1v) is 9.50. The molecule has 3 aromatic rings. The summed E-state index contributed by atoms with van der Waals surface area (Å²) in [7, 11) is 1.43. The van der Waals surface area contributed by atoms with E-state index in [9.17, 15) is 20.4 Å². The minimum Gasteiger partial charge on any atom is -0.539 e. The van der Waals surface area contributed by atoms with Crippen LogP contribution in [0.25, 0.3) is 11.3 Å². The van der Waals surface area contributed by atoms with E-state index < -0.39 is 5.95 Å². The predicted octanol–water partition coefficient (Wildman–Crippen LogP) is 0.999. The van der Waals surface area contributed by atoms with E-state index in [-0.39, 0.29) is 44.9 Å². The summed E-state index contributed by atoms with van der Waals surface area (Å²) in [6.07, 6.45) is 0. The normalized spacial score (nSPS) is 10.3. The highest BCUT2D eigenvalue weighted by atomic mass is 32.2. The number of aromatic nitrogens is 3. The Morgan fingerprint density at radius 1 is 1.37 bits per heavy atom. The van der Waals surface area contributed by atoms with E-state index in [0.717, 1.165) is 22.0 Å². The van der Waals surface area contributed by atoms with E-state index in [4.69, 9.17) is 5.73 Å². The third kappa shape index (κ3) is 4.01. The first-order valence-electron chi connectivity index (χ1n) is 8.52. The van der Waals surface area contributed by atoms with Crippen LogP contribution in [0.4, 0.5) is 11.5 Å². The van der Waals surface area contributed by atoms with Gasteiger partial charge >= 0.3 is 0 Å². The van der Waals surface area contributed by atoms with Crippen molar-refractivity contribution in [3.8, 4) is 29.3 Å². The van der Waals surface area contributed by atoms with Gasteiger partial charge in [-0.15, -0.1) is 0 Å². The molecule has 0 bridgehead atoms. The van der Waals surface area contributed by atoms with Crippen molar-refractivity contribution in [2.75, 3.05) is 16.8 Å². The van der Waals surface area contributed by atoms with Crippen molar-refractivity contribution >= 4 is 29.2 Å². The summed E-state index contributed by atoms with van der Waals surface area (Å²) in [6.45, 7) is 1.91. The minimum atomic E-state index is -0.829. The van der Waals surface area contributed by atoms with Crippen LogP contribution in [0.1, 0.15) is 16.7 Å². The molecule has 3 N–H and O–H groups in total. The number of thioether (sulfide) groups is 1. The molecule has 0 saturated carbocycles. The highest BCUT2D eigenvalue weighted by molar-refractivity contribution is 8.00. The van der Waals surface area contributed by atoms with Crippen LogP contribution in [0.15, 0.2) is 33.8 Å². The summed E-state index contributed by atoms with van der Waals surface area (Å²) >= 11 is 0.962. The van der Waals surface area contributed by atoms with E-state index in [1.165, 1.54) is 7.05 Å². The first-order chi connectivity index (χ1) is 14.3. The molecule has 2 aromatic heterocycles. The summed E-state index contributed by atoms with van der Waals surface area (Å²) in [4.78, 5) is 16.4. The van der Waals surface area contributed by atoms with Gasteiger partial charge in [-0.1, -0.05) is 28.6 Å². The van der Waals surface area contributed by atoms with Crippen molar-refractivity contribution in [3.63, 3.8) is 0 Å². The highest BCUT2D eigenvalue weighted by Gasteiger charge is 2.29. The van der Waals surface area contributed by atoms with Gasteiger partial charge < -0.3 is 20.7 Å². The molecule has 11 heteroatoms. The van der Waals surface area contributed by atoms with Crippen LogP contribution in [0.2, 0.25) is 0 Å². The standard InChI is InChI=1S/C19H15N7O3S/c1-10-4-3-5-11(6-10)23-14(27)9-30-18-13(8-21)15(12(7-20)17(22)24-18)16-19(28)29-25-26(16)2/h3-6H,9H2,1-2H3,(H3-,22,23,24,25,27,28). The average molecular weight is 421 g/mol. The third-order valence-electron chi connectivity index (χ3n) is 4.06. The molecule has 0 unspecified atom stereocenters. The SMILES string of the molecule is Cc1cccc(NC(=O)CSc2nc(N)c(C#N)c(-c3c([O-])on[n+]3C)c2C#N)c1. The third-order valence-corrected chi connectivity index (χ3v) is 5.03. The van der Waals surface area contributed by atoms with Crippen LogP contribution in [0, 0.1) is 29.6 Å². The molecular formula is C19H15N7O3S. The number of pyridine rings is 1. The van der Waals surface area contributed by atoms with Crippen molar-refractivity contribution < 1.29 is 19.1 Å². The average Bonchev–Trinajstić information content (AvgIpc) is 3.03. The zero-order valence-corrected chi connectivity index (χ0v) is 16.8. The maximum atomic E-state index is 12.3. The number of nitrogen functional groups attached to an aromatic ring is 1. The second kappa shape index (κ2) is 8.51. The molecular weight excluding hydrogens is 406 g/mol. The fraction of sp³-hybridized carbons (Fsp3) is 0.158. The van der Waals surface area contributed by atoms with Gasteiger partial charge in [0.1, 0.15) is 28.5 Å². The molecule has 10 nitrogen and oxygen atoms in total. The maximum Gasteiger partial charge on any atom is 0.266 e. The number of rotatable bonds is 5. The molecule has 1 aromatic carbocycles. The Balaban J connectivity index is 1.95. The topological polar surface area (TPSA) is 169 Å². The number of carbonyl (C=O) groups excluding carboxylic acids is 1. The first kappa shape index (κ1) is 20.6. The maximum absolute atomic E-state index is 12.3. The van der Waals surface area contributed by atoms with Gasteiger partial charge in [0.15, 0.2) is 13.0 Å². The molecule has 0 saturated heterocycles. The van der Waals surface area contributed by atoms with Gasteiger partial charge in [0.05, 0.1) is 22.2 Å². The van der Waals surface area contributed by atoms with E-state index in [2.05, 4.69) is 20.1 Å². The zero-order chi connectivity index (χ0) is 21.8. The molecule has 2 heterocycles. The number of nitrogens with one attached hydrogen (secondary N) is 1. The van der Waals surface area contributed by atoms with Crippen LogP contribution in [0.3, 0.4) is 0 Å². The molecule has 1 amide bonds. The Bertz CT molecular complexity index is 1200. The minimum absolute atomic E-state index is 0.0251. The van der Waals surface area contributed by atoms with Crippen molar-refractivity contribution in [2.24, 2.45) is 7.05 Å². The van der Waals surface area contributed by atoms with Gasteiger partial charge in [-0.3, -0.25) is 4.79 Å². The Labute approximate surface area is 175 Å². The summed E-state index contributed by atoms with van der Waals surface area (Å²) in [6, 6.07) is 11.1. The van der Waals surface area contributed by atoms with Crippen LogP contribution in [-0.2, 0) is 11.8 Å². The number of benzene rings is 1. The molecule has 0 aliphatic rings. The van der Waals surface area contributed by atoms with Gasteiger partial charge in [-0.25, -0.2) is 4.98 Å². The van der Waals surface area contributed by atoms with Gasteiger partial charge in [-0.05, 0) is 24.6 Å². The van der Waals surface area contributed by atoms with E-state index >= 15 is 0 Å². The Kier molecular flexibility index (Phi) is 5.85. The van der Waals surface area contributed by atoms with Gasteiger partial charge in [-0.2, -0.15) is 10.5 Å². The smallest absolute Gasteiger partial charge is 0.266 e. The lowest BCUT2D eigenvalue weighted by Crippen LogP contribution is -2.32. The van der Waals surface area contributed by atoms with Gasteiger partial charge in [0.2, 0.25) is 5.91 Å². The number of nitrogens with two attached hydrogens (primary N) is 1. The number of amides is 1. The molecule has 0 radical (unpaired) electrons. The molecule has 0 atom stereocenters. The summed E-state index contributed by atoms with van der Waals surface area (Å²) in [5.74, 6) is -1.39. The quantitative estimate of drug-likeness (QED) is 0.451. The molecule has 150 valence electrons. The molecule has 3 rings (SSSR count). The number of anilines is 2. The van der Waals surface area contributed by atoms with E-state index in [1.807, 2.05) is 37.3 Å². The highest BCUT2D eigenvalue weighted by Crippen LogP contribution is 2.36. The molecule has 0 spiro atoms. The van der Waals surface area contributed by atoms with Crippen molar-refractivity contribution in [2.45, 2.75) is 11.9 Å². The Morgan fingerprint density at radius 3 is 2.70 bits per heavy atom. The number of nitrogens with zero attached hydrogens (tertiary/aromatic N) is 5. The van der Waals surface area contributed by atoms with Crippen molar-refractivity contribution in [3.05, 3.63) is 41.0 Å². The summed E-state index contributed by atoms with van der Waals surface area (Å²) in [5.41, 5.74) is 7.18. The van der Waals surface area contributed by atoms with Crippen molar-refractivity contribution in [1.82, 2.24) is 10.3 Å². The summed E-state index contributed by atoms with van der Waals surface area (Å²) < 4.78 is 5.72. The lowest BCUT2D eigenvalue weighted by atomic mass is 10.0. The molecule has 0 fully saturated rings. The number of hydrogen-bond donors (Lipinski definition) is 2. The van der Waals surface area contributed by atoms with E-state index in [1.54, 1.807) is 6.07 Å². The number of carbonyl (C=O) groups is 1. The van der Waals surface area contributed by atoms with E-state index in [0.29, 0.717) is 5.69 Å². The number of nitriles is 2. The second-order valence-electron chi connectivity index (χ2n) is 6.19. The Hall–Kier alpha value is -4.09. The fourth-order valence-corrected chi connectivity index (χ4v) is 3.57. The van der Waals surface area contributed by atoms with Crippen LogP contribution >= 0.6 is 11.8 Å². The van der Waals surface area contributed by atoms with Gasteiger partial charge in [0, 0.05) is 5.69 Å². The van der Waals surface area contributed by atoms with Crippen LogP contribution < -0.4 is 20.8 Å².